The van der Waals surface area contributed by atoms with Crippen LogP contribution < -0.4 is 0 Å². The summed E-state index contributed by atoms with van der Waals surface area (Å²) in [7, 11) is 0. The summed E-state index contributed by atoms with van der Waals surface area (Å²) in [5.74, 6) is 0.229. The number of hydrogen-bond acceptors (Lipinski definition) is 1. The van der Waals surface area contributed by atoms with Gasteiger partial charge in [0.1, 0.15) is 0 Å². The lowest BCUT2D eigenvalue weighted by Gasteiger charge is -2.04. The lowest BCUT2D eigenvalue weighted by Crippen LogP contribution is -1.95. The molecular formula is C16H27N. The van der Waals surface area contributed by atoms with Crippen molar-refractivity contribution >= 4 is 0 Å². The van der Waals surface area contributed by atoms with Crippen LogP contribution in [0.3, 0.4) is 0 Å². The van der Waals surface area contributed by atoms with Crippen LogP contribution in [0.4, 0.5) is 0 Å². The standard InChI is InChI=1S/C16H27N/c1-3-5-7-9-11-13-16(15-17)14-12-10-8-6-4-2/h7-10,16H,3-6,11-14H2,1-2H3. The van der Waals surface area contributed by atoms with Crippen molar-refractivity contribution in [1.29, 1.82) is 5.26 Å². The highest BCUT2D eigenvalue weighted by Gasteiger charge is 2.04. The predicted molar refractivity (Wildman–Crippen MR) is 75.7 cm³/mol. The van der Waals surface area contributed by atoms with E-state index in [0.717, 1.165) is 38.5 Å². The first-order chi connectivity index (χ1) is 8.35. The van der Waals surface area contributed by atoms with Crippen molar-refractivity contribution in [2.75, 3.05) is 0 Å². The average molecular weight is 233 g/mol. The smallest absolute Gasteiger partial charge is 0.0656 e. The van der Waals surface area contributed by atoms with E-state index in [1.807, 2.05) is 0 Å². The summed E-state index contributed by atoms with van der Waals surface area (Å²) >= 11 is 0. The molecule has 0 spiro atoms. The van der Waals surface area contributed by atoms with Crippen LogP contribution in [0.5, 0.6) is 0 Å². The summed E-state index contributed by atoms with van der Waals surface area (Å²) in [6.07, 6.45) is 17.8. The minimum atomic E-state index is 0.229. The monoisotopic (exact) mass is 233 g/mol. The Morgan fingerprint density at radius 3 is 1.59 bits per heavy atom. The third kappa shape index (κ3) is 11.2. The maximum atomic E-state index is 9.03. The van der Waals surface area contributed by atoms with Gasteiger partial charge < -0.3 is 0 Å². The van der Waals surface area contributed by atoms with Crippen molar-refractivity contribution in [1.82, 2.24) is 0 Å². The molecule has 0 radical (unpaired) electrons. The van der Waals surface area contributed by atoms with Crippen LogP contribution in [-0.4, -0.2) is 0 Å². The van der Waals surface area contributed by atoms with Gasteiger partial charge in [0.05, 0.1) is 6.07 Å². The van der Waals surface area contributed by atoms with Crippen LogP contribution in [0.15, 0.2) is 24.3 Å². The van der Waals surface area contributed by atoms with Crippen LogP contribution >= 0.6 is 0 Å². The number of rotatable bonds is 10. The Bertz CT molecular complexity index is 225. The number of hydrogen-bond donors (Lipinski definition) is 0. The first-order valence-corrected chi connectivity index (χ1v) is 7.04. The van der Waals surface area contributed by atoms with Crippen molar-refractivity contribution < 1.29 is 0 Å². The van der Waals surface area contributed by atoms with Crippen LogP contribution in [0, 0.1) is 17.2 Å². The van der Waals surface area contributed by atoms with Gasteiger partial charge in [0.15, 0.2) is 0 Å². The first kappa shape index (κ1) is 16.0. The van der Waals surface area contributed by atoms with E-state index in [2.05, 4.69) is 44.2 Å². The molecule has 0 heterocycles. The minimum absolute atomic E-state index is 0.229. The largest absolute Gasteiger partial charge is 0.198 e. The normalized spacial score (nSPS) is 13.2. The van der Waals surface area contributed by atoms with Crippen molar-refractivity contribution in [2.24, 2.45) is 5.92 Å². The molecule has 0 aliphatic carbocycles. The Hall–Kier alpha value is -1.03. The molecule has 0 unspecified atom stereocenters. The second kappa shape index (κ2) is 13.0. The Kier molecular flexibility index (Phi) is 12.2. The maximum absolute atomic E-state index is 9.03. The second-order valence-electron chi connectivity index (χ2n) is 4.50. The Balaban J connectivity index is 3.60. The lowest BCUT2D eigenvalue weighted by molar-refractivity contribution is 0.566. The van der Waals surface area contributed by atoms with Gasteiger partial charge in [-0.05, 0) is 38.5 Å². The molecule has 0 aromatic carbocycles. The molecule has 0 aliphatic rings. The van der Waals surface area contributed by atoms with E-state index in [0.29, 0.717) is 0 Å². The maximum Gasteiger partial charge on any atom is 0.0656 e. The molecule has 0 aromatic heterocycles. The van der Waals surface area contributed by atoms with E-state index in [-0.39, 0.29) is 5.92 Å². The Morgan fingerprint density at radius 1 is 0.824 bits per heavy atom. The molecule has 0 saturated carbocycles. The van der Waals surface area contributed by atoms with Gasteiger partial charge in [-0.2, -0.15) is 5.26 Å². The fourth-order valence-electron chi connectivity index (χ4n) is 1.67. The summed E-state index contributed by atoms with van der Waals surface area (Å²) in [5.41, 5.74) is 0. The quantitative estimate of drug-likeness (QED) is 0.463. The van der Waals surface area contributed by atoms with Crippen LogP contribution in [0.1, 0.15) is 65.2 Å². The summed E-state index contributed by atoms with van der Waals surface area (Å²) in [4.78, 5) is 0. The van der Waals surface area contributed by atoms with Gasteiger partial charge in [-0.1, -0.05) is 51.0 Å². The summed E-state index contributed by atoms with van der Waals surface area (Å²) in [5, 5.41) is 9.03. The highest BCUT2D eigenvalue weighted by atomic mass is 14.3. The molecule has 0 atom stereocenters. The van der Waals surface area contributed by atoms with E-state index in [1.54, 1.807) is 0 Å². The van der Waals surface area contributed by atoms with Crippen molar-refractivity contribution in [2.45, 2.75) is 65.2 Å². The molecule has 0 fully saturated rings. The molecule has 96 valence electrons. The topological polar surface area (TPSA) is 23.8 Å². The highest BCUT2D eigenvalue weighted by molar-refractivity contribution is 4.90. The van der Waals surface area contributed by atoms with Crippen LogP contribution in [-0.2, 0) is 0 Å². The molecule has 0 aliphatic heterocycles. The van der Waals surface area contributed by atoms with E-state index < -0.39 is 0 Å². The first-order valence-electron chi connectivity index (χ1n) is 7.04. The molecule has 17 heavy (non-hydrogen) atoms. The molecule has 0 amide bonds. The van der Waals surface area contributed by atoms with E-state index in [4.69, 9.17) is 5.26 Å². The fraction of sp³-hybridized carbons (Fsp3) is 0.688. The van der Waals surface area contributed by atoms with Crippen LogP contribution in [0.25, 0.3) is 0 Å². The Labute approximate surface area is 107 Å². The highest BCUT2D eigenvalue weighted by Crippen LogP contribution is 2.13. The van der Waals surface area contributed by atoms with Gasteiger partial charge in [-0.3, -0.25) is 0 Å². The fourth-order valence-corrected chi connectivity index (χ4v) is 1.67. The van der Waals surface area contributed by atoms with Crippen LogP contribution in [0.2, 0.25) is 0 Å². The zero-order valence-electron chi connectivity index (χ0n) is 11.5. The Morgan fingerprint density at radius 2 is 1.24 bits per heavy atom. The molecule has 0 aromatic rings. The zero-order chi connectivity index (χ0) is 12.8. The van der Waals surface area contributed by atoms with E-state index in [9.17, 15) is 0 Å². The second-order valence-corrected chi connectivity index (χ2v) is 4.50. The third-order valence-corrected chi connectivity index (χ3v) is 2.79. The minimum Gasteiger partial charge on any atom is -0.198 e. The molecule has 1 heteroatoms. The van der Waals surface area contributed by atoms with Crippen molar-refractivity contribution in [3.8, 4) is 6.07 Å². The van der Waals surface area contributed by atoms with Gasteiger partial charge in [0.25, 0.3) is 0 Å². The average Bonchev–Trinajstić information content (AvgIpc) is 2.36. The summed E-state index contributed by atoms with van der Waals surface area (Å²) < 4.78 is 0. The summed E-state index contributed by atoms with van der Waals surface area (Å²) in [6.45, 7) is 4.37. The molecule has 0 bridgehead atoms. The van der Waals surface area contributed by atoms with Gasteiger partial charge in [-0.25, -0.2) is 0 Å². The number of unbranched alkanes of at least 4 members (excludes halogenated alkanes) is 2. The lowest BCUT2D eigenvalue weighted by atomic mass is 9.98. The number of allylic oxidation sites excluding steroid dienone is 4. The number of nitrogens with zero attached hydrogens (tertiary/aromatic N) is 1. The molecule has 0 N–H and O–H groups in total. The van der Waals surface area contributed by atoms with Gasteiger partial charge in [0.2, 0.25) is 0 Å². The van der Waals surface area contributed by atoms with E-state index in [1.165, 1.54) is 12.8 Å². The summed E-state index contributed by atoms with van der Waals surface area (Å²) in [6, 6.07) is 2.42. The number of nitriles is 1. The van der Waals surface area contributed by atoms with Gasteiger partial charge >= 0.3 is 0 Å². The van der Waals surface area contributed by atoms with E-state index >= 15 is 0 Å². The molecule has 0 rings (SSSR count). The SMILES string of the molecule is CCCC=CCCC(C#N)CCC=CCCC. The third-order valence-electron chi connectivity index (χ3n) is 2.79. The molecule has 1 nitrogen and oxygen atoms in total. The van der Waals surface area contributed by atoms with Crippen molar-refractivity contribution in [3.63, 3.8) is 0 Å². The molecule has 0 saturated heterocycles. The predicted octanol–water partition coefficient (Wildman–Crippen LogP) is 5.40. The van der Waals surface area contributed by atoms with Gasteiger partial charge in [-0.15, -0.1) is 0 Å². The van der Waals surface area contributed by atoms with Crippen molar-refractivity contribution in [3.05, 3.63) is 24.3 Å². The van der Waals surface area contributed by atoms with Gasteiger partial charge in [0, 0.05) is 5.92 Å². The molecular weight excluding hydrogens is 206 g/mol. The zero-order valence-corrected chi connectivity index (χ0v) is 11.5.